The third kappa shape index (κ3) is 2.88. The van der Waals surface area contributed by atoms with Gasteiger partial charge in [-0.15, -0.1) is 0 Å². The lowest BCUT2D eigenvalue weighted by molar-refractivity contribution is 0.0821. The van der Waals surface area contributed by atoms with Gasteiger partial charge in [-0.25, -0.2) is 4.68 Å². The van der Waals surface area contributed by atoms with Crippen LogP contribution in [0.25, 0.3) is 5.69 Å². The molecule has 0 saturated heterocycles. The first kappa shape index (κ1) is 14.3. The predicted octanol–water partition coefficient (Wildman–Crippen LogP) is 1.98. The zero-order valence-electron chi connectivity index (χ0n) is 12.1. The van der Waals surface area contributed by atoms with Gasteiger partial charge in [0, 0.05) is 26.3 Å². The van der Waals surface area contributed by atoms with Gasteiger partial charge in [0.25, 0.3) is 5.91 Å². The van der Waals surface area contributed by atoms with Crippen LogP contribution in [0.1, 0.15) is 35.4 Å². The summed E-state index contributed by atoms with van der Waals surface area (Å²) >= 11 is 0. The molecule has 1 aromatic heterocycles. The van der Waals surface area contributed by atoms with Crippen LogP contribution in [0.4, 0.5) is 0 Å². The summed E-state index contributed by atoms with van der Waals surface area (Å²) in [6.45, 7) is 2.06. The van der Waals surface area contributed by atoms with Gasteiger partial charge in [0.05, 0.1) is 5.69 Å². The highest BCUT2D eigenvalue weighted by Crippen LogP contribution is 2.16. The van der Waals surface area contributed by atoms with E-state index in [0.717, 1.165) is 17.7 Å². The number of nitrogens with zero attached hydrogens (tertiary/aromatic N) is 3. The molecule has 0 unspecified atom stereocenters. The lowest BCUT2D eigenvalue weighted by atomic mass is 10.1. The maximum atomic E-state index is 11.8. The van der Waals surface area contributed by atoms with Crippen LogP contribution in [-0.2, 0) is 0 Å². The molecule has 1 heterocycles. The minimum absolute atomic E-state index is 0.0625. The number of nitrogens with two attached hydrogens (primary N) is 1. The van der Waals surface area contributed by atoms with Crippen molar-refractivity contribution in [3.8, 4) is 5.69 Å². The first-order chi connectivity index (χ1) is 9.52. The van der Waals surface area contributed by atoms with E-state index in [1.165, 1.54) is 4.90 Å². The van der Waals surface area contributed by atoms with Crippen molar-refractivity contribution in [3.63, 3.8) is 0 Å². The Hall–Kier alpha value is -2.14. The van der Waals surface area contributed by atoms with E-state index in [1.807, 2.05) is 24.3 Å². The molecule has 1 amide bonds. The third-order valence-electron chi connectivity index (χ3n) is 3.24. The van der Waals surface area contributed by atoms with Gasteiger partial charge in [-0.05, 0) is 30.2 Å². The minimum Gasteiger partial charge on any atom is -0.343 e. The van der Waals surface area contributed by atoms with E-state index in [2.05, 4.69) is 12.0 Å². The SMILES string of the molecule is CC[C@H](N)c1ccc(-n2ccc(C(=O)N(C)C)n2)cc1. The number of amides is 1. The maximum Gasteiger partial charge on any atom is 0.273 e. The van der Waals surface area contributed by atoms with Gasteiger partial charge >= 0.3 is 0 Å². The fourth-order valence-corrected chi connectivity index (χ4v) is 1.92. The van der Waals surface area contributed by atoms with E-state index in [9.17, 15) is 4.79 Å². The van der Waals surface area contributed by atoms with Gasteiger partial charge in [0.2, 0.25) is 0 Å². The van der Waals surface area contributed by atoms with Crippen molar-refractivity contribution in [3.05, 3.63) is 47.8 Å². The summed E-state index contributed by atoms with van der Waals surface area (Å²) in [6.07, 6.45) is 2.69. The topological polar surface area (TPSA) is 64.2 Å². The largest absolute Gasteiger partial charge is 0.343 e. The van der Waals surface area contributed by atoms with Gasteiger partial charge in [0.1, 0.15) is 0 Å². The van der Waals surface area contributed by atoms with Gasteiger partial charge in [-0.2, -0.15) is 5.10 Å². The number of aromatic nitrogens is 2. The van der Waals surface area contributed by atoms with Crippen LogP contribution < -0.4 is 5.73 Å². The first-order valence-corrected chi connectivity index (χ1v) is 6.66. The Balaban J connectivity index is 2.22. The average Bonchev–Trinajstić information content (AvgIpc) is 2.95. The molecule has 1 atom stereocenters. The molecule has 0 aliphatic rings. The van der Waals surface area contributed by atoms with E-state index in [1.54, 1.807) is 31.0 Å². The van der Waals surface area contributed by atoms with Crippen LogP contribution in [-0.4, -0.2) is 34.7 Å². The zero-order valence-corrected chi connectivity index (χ0v) is 12.1. The molecular formula is C15H20N4O. The lowest BCUT2D eigenvalue weighted by Crippen LogP contribution is -2.22. The second-order valence-electron chi connectivity index (χ2n) is 4.95. The summed E-state index contributed by atoms with van der Waals surface area (Å²) in [7, 11) is 3.42. The Morgan fingerprint density at radius 3 is 2.50 bits per heavy atom. The van der Waals surface area contributed by atoms with Crippen molar-refractivity contribution in [1.82, 2.24) is 14.7 Å². The molecule has 0 saturated carbocycles. The highest BCUT2D eigenvalue weighted by Gasteiger charge is 2.12. The van der Waals surface area contributed by atoms with Gasteiger partial charge in [-0.3, -0.25) is 4.79 Å². The van der Waals surface area contributed by atoms with Crippen molar-refractivity contribution in [2.24, 2.45) is 5.73 Å². The second-order valence-corrected chi connectivity index (χ2v) is 4.95. The second kappa shape index (κ2) is 5.88. The molecule has 5 heteroatoms. The minimum atomic E-state index is -0.103. The molecule has 2 N–H and O–H groups in total. The molecule has 1 aromatic carbocycles. The standard InChI is InChI=1S/C15H20N4O/c1-4-13(16)11-5-7-12(8-6-11)19-10-9-14(17-19)15(20)18(2)3/h5-10,13H,4,16H2,1-3H3/t13-/m0/s1. The van der Waals surface area contributed by atoms with Crippen LogP contribution >= 0.6 is 0 Å². The zero-order chi connectivity index (χ0) is 14.7. The molecule has 106 valence electrons. The average molecular weight is 272 g/mol. The summed E-state index contributed by atoms with van der Waals surface area (Å²) in [5, 5.41) is 4.29. The number of carbonyl (C=O) groups is 1. The molecule has 0 aliphatic heterocycles. The van der Waals surface area contributed by atoms with Crippen molar-refractivity contribution in [1.29, 1.82) is 0 Å². The predicted molar refractivity (Wildman–Crippen MR) is 78.8 cm³/mol. The van der Waals surface area contributed by atoms with E-state index in [-0.39, 0.29) is 11.9 Å². The molecule has 5 nitrogen and oxygen atoms in total. The molecule has 0 fully saturated rings. The van der Waals surface area contributed by atoms with Crippen LogP contribution in [0.5, 0.6) is 0 Å². The summed E-state index contributed by atoms with van der Waals surface area (Å²) in [5.41, 5.74) is 8.44. The molecule has 2 aromatic rings. The van der Waals surface area contributed by atoms with E-state index in [4.69, 9.17) is 5.73 Å². The normalized spacial score (nSPS) is 12.2. The fraction of sp³-hybridized carbons (Fsp3) is 0.333. The Morgan fingerprint density at radius 1 is 1.30 bits per heavy atom. The van der Waals surface area contributed by atoms with Gasteiger partial charge in [-0.1, -0.05) is 19.1 Å². The number of rotatable bonds is 4. The molecule has 0 bridgehead atoms. The van der Waals surface area contributed by atoms with Crippen LogP contribution in [0.2, 0.25) is 0 Å². The highest BCUT2D eigenvalue weighted by atomic mass is 16.2. The van der Waals surface area contributed by atoms with E-state index in [0.29, 0.717) is 5.69 Å². The summed E-state index contributed by atoms with van der Waals surface area (Å²) in [4.78, 5) is 13.3. The molecule has 0 aliphatic carbocycles. The van der Waals surface area contributed by atoms with E-state index < -0.39 is 0 Å². The Bertz CT molecular complexity index is 586. The number of benzene rings is 1. The molecule has 0 spiro atoms. The number of hydrogen-bond acceptors (Lipinski definition) is 3. The molecular weight excluding hydrogens is 252 g/mol. The first-order valence-electron chi connectivity index (χ1n) is 6.66. The van der Waals surface area contributed by atoms with E-state index >= 15 is 0 Å². The molecule has 2 rings (SSSR count). The lowest BCUT2D eigenvalue weighted by Gasteiger charge is -2.10. The monoisotopic (exact) mass is 272 g/mol. The van der Waals surface area contributed by atoms with Crippen LogP contribution in [0.3, 0.4) is 0 Å². The Labute approximate surface area is 119 Å². The number of hydrogen-bond donors (Lipinski definition) is 1. The summed E-state index contributed by atoms with van der Waals surface area (Å²) in [5.74, 6) is -0.103. The smallest absolute Gasteiger partial charge is 0.273 e. The number of carbonyl (C=O) groups excluding carboxylic acids is 1. The van der Waals surface area contributed by atoms with Crippen molar-refractivity contribution in [2.45, 2.75) is 19.4 Å². The van der Waals surface area contributed by atoms with Crippen molar-refractivity contribution in [2.75, 3.05) is 14.1 Å². The summed E-state index contributed by atoms with van der Waals surface area (Å²) in [6, 6.07) is 9.70. The van der Waals surface area contributed by atoms with Crippen LogP contribution in [0, 0.1) is 0 Å². The fourth-order valence-electron chi connectivity index (χ4n) is 1.92. The van der Waals surface area contributed by atoms with Crippen molar-refractivity contribution < 1.29 is 4.79 Å². The quantitative estimate of drug-likeness (QED) is 0.925. The molecule has 0 radical (unpaired) electrons. The Kier molecular flexibility index (Phi) is 4.20. The van der Waals surface area contributed by atoms with Crippen LogP contribution in [0.15, 0.2) is 36.5 Å². The maximum absolute atomic E-state index is 11.8. The highest BCUT2D eigenvalue weighted by molar-refractivity contribution is 5.91. The van der Waals surface area contributed by atoms with Gasteiger partial charge in [0.15, 0.2) is 5.69 Å². The summed E-state index contributed by atoms with van der Waals surface area (Å²) < 4.78 is 1.69. The molecule has 20 heavy (non-hydrogen) atoms. The Morgan fingerprint density at radius 2 is 1.95 bits per heavy atom. The van der Waals surface area contributed by atoms with Gasteiger partial charge < -0.3 is 10.6 Å². The van der Waals surface area contributed by atoms with Crippen molar-refractivity contribution >= 4 is 5.91 Å². The third-order valence-corrected chi connectivity index (χ3v) is 3.24.